The summed E-state index contributed by atoms with van der Waals surface area (Å²) in [6, 6.07) is 0. The highest BCUT2D eigenvalue weighted by Crippen LogP contribution is 2.25. The smallest absolute Gasteiger partial charge is 0.340 e. The first kappa shape index (κ1) is 12.0. The molecule has 2 aromatic rings. The number of anilines is 1. The third-order valence-corrected chi connectivity index (χ3v) is 3.98. The monoisotopic (exact) mass is 269 g/mol. The Hall–Kier alpha value is -1.47. The molecule has 0 aromatic carbocycles. The summed E-state index contributed by atoms with van der Waals surface area (Å²) in [5, 5.41) is 13.7. The van der Waals surface area contributed by atoms with E-state index in [0.29, 0.717) is 17.2 Å². The van der Waals surface area contributed by atoms with Crippen LogP contribution in [0.5, 0.6) is 0 Å². The predicted octanol–water partition coefficient (Wildman–Crippen LogP) is 2.53. The van der Waals surface area contributed by atoms with Gasteiger partial charge in [0, 0.05) is 11.1 Å². The van der Waals surface area contributed by atoms with Crippen LogP contribution in [0.3, 0.4) is 0 Å². The van der Waals surface area contributed by atoms with Gasteiger partial charge in [0.2, 0.25) is 0 Å². The van der Waals surface area contributed by atoms with E-state index in [2.05, 4.69) is 14.7 Å². The summed E-state index contributed by atoms with van der Waals surface area (Å²) in [5.41, 5.74) is 0.807. The van der Waals surface area contributed by atoms with Gasteiger partial charge in [0.1, 0.15) is 10.6 Å². The second-order valence-corrected chi connectivity index (χ2v) is 5.57. The minimum Gasteiger partial charge on any atom is -0.478 e. The third kappa shape index (κ3) is 2.62. The van der Waals surface area contributed by atoms with Crippen molar-refractivity contribution in [3.05, 3.63) is 27.3 Å². The quantitative estimate of drug-likeness (QED) is 0.892. The molecular weight excluding hydrogens is 258 g/mol. The van der Waals surface area contributed by atoms with E-state index in [0.717, 1.165) is 9.88 Å². The number of rotatable bonds is 4. The normalized spacial score (nSPS) is 10.5. The van der Waals surface area contributed by atoms with Gasteiger partial charge in [-0.25, -0.2) is 9.78 Å². The SMILES string of the molecule is Cc1ncc(CNc2snc(C)c2C(=O)O)s1. The van der Waals surface area contributed by atoms with Crippen molar-refractivity contribution >= 4 is 33.8 Å². The summed E-state index contributed by atoms with van der Waals surface area (Å²) in [7, 11) is 0. The molecule has 0 spiro atoms. The second-order valence-electron chi connectivity index (χ2n) is 3.48. The molecule has 2 aromatic heterocycles. The van der Waals surface area contributed by atoms with Crippen molar-refractivity contribution in [2.45, 2.75) is 20.4 Å². The first-order valence-electron chi connectivity index (χ1n) is 4.92. The number of carbonyl (C=O) groups is 1. The minimum atomic E-state index is -0.945. The van der Waals surface area contributed by atoms with Crippen LogP contribution in [0.25, 0.3) is 0 Å². The molecule has 0 unspecified atom stereocenters. The molecule has 0 amide bonds. The molecule has 0 saturated heterocycles. The Morgan fingerprint density at radius 2 is 2.29 bits per heavy atom. The number of aromatic carboxylic acids is 1. The maximum atomic E-state index is 11.0. The van der Waals surface area contributed by atoms with Crippen molar-refractivity contribution in [2.75, 3.05) is 5.32 Å². The lowest BCUT2D eigenvalue weighted by Gasteiger charge is -2.02. The molecule has 2 N–H and O–H groups in total. The zero-order valence-corrected chi connectivity index (χ0v) is 11.0. The van der Waals surface area contributed by atoms with Crippen molar-refractivity contribution in [2.24, 2.45) is 0 Å². The lowest BCUT2D eigenvalue weighted by Crippen LogP contribution is -2.04. The summed E-state index contributed by atoms with van der Waals surface area (Å²) in [4.78, 5) is 16.3. The topological polar surface area (TPSA) is 75.1 Å². The van der Waals surface area contributed by atoms with Gasteiger partial charge in [0.25, 0.3) is 0 Å². The molecule has 0 aliphatic carbocycles. The van der Waals surface area contributed by atoms with Crippen LogP contribution in [-0.2, 0) is 6.54 Å². The van der Waals surface area contributed by atoms with E-state index in [1.807, 2.05) is 6.92 Å². The van der Waals surface area contributed by atoms with Crippen LogP contribution < -0.4 is 5.32 Å². The number of aromatic nitrogens is 2. The lowest BCUT2D eigenvalue weighted by atomic mass is 10.2. The maximum Gasteiger partial charge on any atom is 0.340 e. The predicted molar refractivity (Wildman–Crippen MR) is 68.0 cm³/mol. The number of carboxylic acids is 1. The molecule has 0 aliphatic heterocycles. The summed E-state index contributed by atoms with van der Waals surface area (Å²) in [6.45, 7) is 4.21. The van der Waals surface area contributed by atoms with E-state index in [4.69, 9.17) is 5.11 Å². The van der Waals surface area contributed by atoms with Crippen LogP contribution in [0.2, 0.25) is 0 Å². The molecule has 0 radical (unpaired) electrons. The van der Waals surface area contributed by atoms with Gasteiger partial charge in [0.15, 0.2) is 0 Å². The highest BCUT2D eigenvalue weighted by molar-refractivity contribution is 7.11. The molecule has 17 heavy (non-hydrogen) atoms. The van der Waals surface area contributed by atoms with Crippen molar-refractivity contribution in [3.63, 3.8) is 0 Å². The summed E-state index contributed by atoms with van der Waals surface area (Å²) < 4.78 is 4.04. The van der Waals surface area contributed by atoms with Crippen LogP contribution in [0, 0.1) is 13.8 Å². The first-order chi connectivity index (χ1) is 8.08. The van der Waals surface area contributed by atoms with Crippen LogP contribution in [0.4, 0.5) is 5.00 Å². The van der Waals surface area contributed by atoms with Crippen LogP contribution in [0.15, 0.2) is 6.20 Å². The molecule has 0 fully saturated rings. The first-order valence-corrected chi connectivity index (χ1v) is 6.51. The fourth-order valence-electron chi connectivity index (χ4n) is 1.40. The number of nitrogens with one attached hydrogen (secondary N) is 1. The standard InChI is InChI=1S/C10H11N3O2S2/c1-5-8(10(14)15)9(17-13-5)12-4-7-3-11-6(2)16-7/h3,12H,4H2,1-2H3,(H,14,15). The number of nitrogens with zero attached hydrogens (tertiary/aromatic N) is 2. The Labute approximate surface area is 106 Å². The lowest BCUT2D eigenvalue weighted by molar-refractivity contribution is 0.0697. The minimum absolute atomic E-state index is 0.260. The van der Waals surface area contributed by atoms with Gasteiger partial charge < -0.3 is 10.4 Å². The van der Waals surface area contributed by atoms with E-state index in [1.54, 1.807) is 24.5 Å². The summed E-state index contributed by atoms with van der Waals surface area (Å²) in [6.07, 6.45) is 1.79. The Morgan fingerprint density at radius 3 is 2.88 bits per heavy atom. The average Bonchev–Trinajstić information content (AvgIpc) is 2.82. The highest BCUT2D eigenvalue weighted by Gasteiger charge is 2.17. The molecular formula is C10H11N3O2S2. The number of aryl methyl sites for hydroxylation is 2. The van der Waals surface area contributed by atoms with Crippen molar-refractivity contribution in [1.29, 1.82) is 0 Å². The zero-order valence-electron chi connectivity index (χ0n) is 9.35. The van der Waals surface area contributed by atoms with Gasteiger partial charge in [-0.2, -0.15) is 4.37 Å². The van der Waals surface area contributed by atoms with Gasteiger partial charge in [-0.3, -0.25) is 0 Å². The zero-order chi connectivity index (χ0) is 12.4. The fourth-order valence-corrected chi connectivity index (χ4v) is 2.91. The molecule has 0 atom stereocenters. The maximum absolute atomic E-state index is 11.0. The largest absolute Gasteiger partial charge is 0.478 e. The molecule has 90 valence electrons. The molecule has 2 rings (SSSR count). The Morgan fingerprint density at radius 1 is 1.53 bits per heavy atom. The highest BCUT2D eigenvalue weighted by atomic mass is 32.1. The van der Waals surface area contributed by atoms with Crippen LogP contribution in [0.1, 0.15) is 25.9 Å². The Balaban J connectivity index is 2.11. The molecule has 2 heterocycles. The average molecular weight is 269 g/mol. The van der Waals surface area contributed by atoms with Crippen LogP contribution in [-0.4, -0.2) is 20.4 Å². The van der Waals surface area contributed by atoms with Gasteiger partial charge >= 0.3 is 5.97 Å². The fraction of sp³-hybridized carbons (Fsp3) is 0.300. The number of hydrogen-bond donors (Lipinski definition) is 2. The number of hydrogen-bond acceptors (Lipinski definition) is 6. The van der Waals surface area contributed by atoms with Crippen molar-refractivity contribution in [1.82, 2.24) is 9.36 Å². The van der Waals surface area contributed by atoms with E-state index in [-0.39, 0.29) is 5.56 Å². The van der Waals surface area contributed by atoms with E-state index >= 15 is 0 Å². The third-order valence-electron chi connectivity index (χ3n) is 2.17. The number of thiazole rings is 1. The van der Waals surface area contributed by atoms with Crippen LogP contribution >= 0.6 is 22.9 Å². The van der Waals surface area contributed by atoms with Crippen molar-refractivity contribution < 1.29 is 9.90 Å². The van der Waals surface area contributed by atoms with E-state index < -0.39 is 5.97 Å². The van der Waals surface area contributed by atoms with E-state index in [9.17, 15) is 4.79 Å². The molecule has 0 bridgehead atoms. The van der Waals surface area contributed by atoms with Gasteiger partial charge in [-0.15, -0.1) is 11.3 Å². The Kier molecular flexibility index (Phi) is 3.39. The van der Waals surface area contributed by atoms with Gasteiger partial charge in [-0.1, -0.05) is 0 Å². The van der Waals surface area contributed by atoms with Crippen molar-refractivity contribution in [3.8, 4) is 0 Å². The van der Waals surface area contributed by atoms with E-state index in [1.165, 1.54) is 11.5 Å². The second kappa shape index (κ2) is 4.80. The molecule has 0 saturated carbocycles. The number of carboxylic acid groups (broad SMARTS) is 1. The molecule has 5 nitrogen and oxygen atoms in total. The summed E-state index contributed by atoms with van der Waals surface area (Å²) in [5.74, 6) is -0.945. The van der Waals surface area contributed by atoms with Gasteiger partial charge in [0.05, 0.1) is 17.2 Å². The Bertz CT molecular complexity index is 547. The molecule has 0 aliphatic rings. The van der Waals surface area contributed by atoms with Gasteiger partial charge in [-0.05, 0) is 25.4 Å². The summed E-state index contributed by atoms with van der Waals surface area (Å²) >= 11 is 2.76. The molecule has 7 heteroatoms.